The van der Waals surface area contributed by atoms with Crippen molar-refractivity contribution in [3.8, 4) is 5.69 Å². The molecule has 0 N–H and O–H groups in total. The first-order valence-electron chi connectivity index (χ1n) is 7.25. The number of aromatic nitrogens is 3. The molecule has 2 aromatic carbocycles. The summed E-state index contributed by atoms with van der Waals surface area (Å²) in [6, 6.07) is 15.0. The highest BCUT2D eigenvalue weighted by atomic mass is 35.5. The number of para-hydroxylation sites is 2. The van der Waals surface area contributed by atoms with Crippen LogP contribution in [-0.4, -0.2) is 20.7 Å². The summed E-state index contributed by atoms with van der Waals surface area (Å²) in [6.07, 6.45) is 1.64. The SMILES string of the molecule is CC1C(=O)N(c2ccc(Cl)cc2)c2ccccc2-n2cnnc21. The number of carbonyl (C=O) groups excluding carboxylic acids is 1. The third-order valence-corrected chi connectivity index (χ3v) is 4.27. The second-order valence-electron chi connectivity index (χ2n) is 5.42. The van der Waals surface area contributed by atoms with Crippen molar-refractivity contribution >= 4 is 28.9 Å². The zero-order valence-corrected chi connectivity index (χ0v) is 13.1. The molecule has 0 spiro atoms. The van der Waals surface area contributed by atoms with E-state index in [2.05, 4.69) is 10.2 Å². The summed E-state index contributed by atoms with van der Waals surface area (Å²) in [5, 5.41) is 8.73. The number of anilines is 2. The first-order valence-corrected chi connectivity index (χ1v) is 7.63. The maximum atomic E-state index is 13.1. The number of hydrogen-bond acceptors (Lipinski definition) is 3. The van der Waals surface area contributed by atoms with Gasteiger partial charge in [-0.25, -0.2) is 0 Å². The number of amides is 1. The van der Waals surface area contributed by atoms with Gasteiger partial charge < -0.3 is 0 Å². The van der Waals surface area contributed by atoms with Crippen LogP contribution >= 0.6 is 11.6 Å². The van der Waals surface area contributed by atoms with Gasteiger partial charge in [-0.2, -0.15) is 0 Å². The Hall–Kier alpha value is -2.66. The Morgan fingerprint density at radius 2 is 1.74 bits per heavy atom. The second-order valence-corrected chi connectivity index (χ2v) is 5.86. The molecule has 0 radical (unpaired) electrons. The molecule has 1 amide bonds. The molecule has 1 aliphatic heterocycles. The Morgan fingerprint density at radius 3 is 2.48 bits per heavy atom. The Morgan fingerprint density at radius 1 is 1.04 bits per heavy atom. The Kier molecular flexibility index (Phi) is 3.16. The van der Waals surface area contributed by atoms with E-state index >= 15 is 0 Å². The van der Waals surface area contributed by atoms with Gasteiger partial charge in [-0.05, 0) is 43.3 Å². The van der Waals surface area contributed by atoms with Crippen LogP contribution in [0.1, 0.15) is 18.7 Å². The number of fused-ring (bicyclic) bond motifs is 3. The predicted octanol–water partition coefficient (Wildman–Crippen LogP) is 3.70. The number of nitrogens with zero attached hydrogens (tertiary/aromatic N) is 4. The normalized spacial score (nSPS) is 16.7. The van der Waals surface area contributed by atoms with Crippen LogP contribution in [0.25, 0.3) is 5.69 Å². The van der Waals surface area contributed by atoms with E-state index in [1.165, 1.54) is 0 Å². The summed E-state index contributed by atoms with van der Waals surface area (Å²) in [7, 11) is 0. The minimum absolute atomic E-state index is 0.0495. The molecular formula is C17H13ClN4O. The van der Waals surface area contributed by atoms with E-state index in [-0.39, 0.29) is 5.91 Å². The first kappa shape index (κ1) is 14.0. The van der Waals surface area contributed by atoms with Gasteiger partial charge in [0.2, 0.25) is 5.91 Å². The highest BCUT2D eigenvalue weighted by Crippen LogP contribution is 2.38. The van der Waals surface area contributed by atoms with Crippen LogP contribution in [-0.2, 0) is 4.79 Å². The molecule has 0 fully saturated rings. The maximum Gasteiger partial charge on any atom is 0.242 e. The second kappa shape index (κ2) is 5.21. The summed E-state index contributed by atoms with van der Waals surface area (Å²) in [6.45, 7) is 1.84. The summed E-state index contributed by atoms with van der Waals surface area (Å²) in [4.78, 5) is 14.8. The minimum atomic E-state index is -0.402. The first-order chi connectivity index (χ1) is 11.2. The number of rotatable bonds is 1. The number of hydrogen-bond donors (Lipinski definition) is 0. The molecule has 4 rings (SSSR count). The van der Waals surface area contributed by atoms with Gasteiger partial charge in [0.15, 0.2) is 0 Å². The van der Waals surface area contributed by atoms with Crippen LogP contribution in [0.15, 0.2) is 54.9 Å². The number of halogens is 1. The zero-order valence-electron chi connectivity index (χ0n) is 12.3. The van der Waals surface area contributed by atoms with Crippen molar-refractivity contribution in [2.45, 2.75) is 12.8 Å². The summed E-state index contributed by atoms with van der Waals surface area (Å²) < 4.78 is 1.87. The molecule has 0 bridgehead atoms. The van der Waals surface area contributed by atoms with Crippen LogP contribution in [0.2, 0.25) is 5.02 Å². The van der Waals surface area contributed by atoms with Gasteiger partial charge >= 0.3 is 0 Å². The number of benzene rings is 2. The van der Waals surface area contributed by atoms with E-state index in [0.717, 1.165) is 17.1 Å². The van der Waals surface area contributed by atoms with Gasteiger partial charge in [-0.3, -0.25) is 14.3 Å². The predicted molar refractivity (Wildman–Crippen MR) is 88.4 cm³/mol. The lowest BCUT2D eigenvalue weighted by molar-refractivity contribution is -0.119. The van der Waals surface area contributed by atoms with Crippen LogP contribution in [0, 0.1) is 0 Å². The van der Waals surface area contributed by atoms with Crippen LogP contribution in [0.3, 0.4) is 0 Å². The van der Waals surface area contributed by atoms with E-state index in [0.29, 0.717) is 10.8 Å². The molecular weight excluding hydrogens is 312 g/mol. The molecule has 3 aromatic rings. The maximum absolute atomic E-state index is 13.1. The van der Waals surface area contributed by atoms with E-state index in [4.69, 9.17) is 11.6 Å². The lowest BCUT2D eigenvalue weighted by Gasteiger charge is -2.24. The Bertz CT molecular complexity index is 888. The van der Waals surface area contributed by atoms with Crippen molar-refractivity contribution in [2.24, 2.45) is 0 Å². The summed E-state index contributed by atoms with van der Waals surface area (Å²) in [5.41, 5.74) is 2.45. The summed E-state index contributed by atoms with van der Waals surface area (Å²) in [5.74, 6) is 0.186. The molecule has 1 aromatic heterocycles. The third kappa shape index (κ3) is 2.12. The van der Waals surface area contributed by atoms with Crippen molar-refractivity contribution in [3.05, 3.63) is 65.7 Å². The van der Waals surface area contributed by atoms with Gasteiger partial charge in [0.05, 0.1) is 17.3 Å². The zero-order chi connectivity index (χ0) is 16.0. The van der Waals surface area contributed by atoms with Gasteiger partial charge in [0, 0.05) is 10.7 Å². The average molecular weight is 325 g/mol. The van der Waals surface area contributed by atoms with Crippen LogP contribution in [0.4, 0.5) is 11.4 Å². The lowest BCUT2D eigenvalue weighted by atomic mass is 10.1. The molecule has 23 heavy (non-hydrogen) atoms. The van der Waals surface area contributed by atoms with Crippen molar-refractivity contribution in [2.75, 3.05) is 4.90 Å². The van der Waals surface area contributed by atoms with Gasteiger partial charge in [0.25, 0.3) is 0 Å². The van der Waals surface area contributed by atoms with Crippen LogP contribution < -0.4 is 4.90 Å². The molecule has 114 valence electrons. The molecule has 5 nitrogen and oxygen atoms in total. The molecule has 0 saturated heterocycles. The smallest absolute Gasteiger partial charge is 0.242 e. The van der Waals surface area contributed by atoms with E-state index in [1.54, 1.807) is 23.4 Å². The Balaban J connectivity index is 1.98. The fourth-order valence-electron chi connectivity index (χ4n) is 2.86. The van der Waals surface area contributed by atoms with Crippen molar-refractivity contribution in [1.82, 2.24) is 14.8 Å². The molecule has 0 saturated carbocycles. The van der Waals surface area contributed by atoms with E-state index in [1.807, 2.05) is 47.9 Å². The fraction of sp³-hybridized carbons (Fsp3) is 0.118. The van der Waals surface area contributed by atoms with Crippen molar-refractivity contribution in [1.29, 1.82) is 0 Å². The quantitative estimate of drug-likeness (QED) is 0.685. The molecule has 2 heterocycles. The third-order valence-electron chi connectivity index (χ3n) is 4.02. The largest absolute Gasteiger partial charge is 0.283 e. The monoisotopic (exact) mass is 324 g/mol. The molecule has 6 heteroatoms. The van der Waals surface area contributed by atoms with E-state index in [9.17, 15) is 4.79 Å². The highest BCUT2D eigenvalue weighted by molar-refractivity contribution is 6.30. The van der Waals surface area contributed by atoms with Gasteiger partial charge in [0.1, 0.15) is 12.2 Å². The number of carbonyl (C=O) groups is 1. The van der Waals surface area contributed by atoms with Crippen molar-refractivity contribution < 1.29 is 4.79 Å². The molecule has 1 atom stereocenters. The lowest BCUT2D eigenvalue weighted by Crippen LogP contribution is -2.29. The topological polar surface area (TPSA) is 51.0 Å². The van der Waals surface area contributed by atoms with E-state index < -0.39 is 5.92 Å². The van der Waals surface area contributed by atoms with Gasteiger partial charge in [-0.1, -0.05) is 23.7 Å². The molecule has 0 aliphatic carbocycles. The molecule has 1 unspecified atom stereocenters. The minimum Gasteiger partial charge on any atom is -0.283 e. The van der Waals surface area contributed by atoms with Crippen molar-refractivity contribution in [3.63, 3.8) is 0 Å². The van der Waals surface area contributed by atoms with Gasteiger partial charge in [-0.15, -0.1) is 10.2 Å². The molecule has 1 aliphatic rings. The highest BCUT2D eigenvalue weighted by Gasteiger charge is 2.33. The standard InChI is InChI=1S/C17H13ClN4O/c1-11-16-20-19-10-21(16)14-4-2-3-5-15(14)22(17(11)23)13-8-6-12(18)7-9-13/h2-11H,1H3. The van der Waals surface area contributed by atoms with Crippen LogP contribution in [0.5, 0.6) is 0 Å². The average Bonchev–Trinajstić information content (AvgIpc) is 3.03. The summed E-state index contributed by atoms with van der Waals surface area (Å²) >= 11 is 5.98. The Labute approximate surface area is 138 Å². The fourth-order valence-corrected chi connectivity index (χ4v) is 2.99.